The summed E-state index contributed by atoms with van der Waals surface area (Å²) in [5.74, 6) is -0.0148. The van der Waals surface area contributed by atoms with Crippen molar-refractivity contribution in [3.8, 4) is 17.6 Å². The minimum atomic E-state index is -0.601. The molecule has 7 nitrogen and oxygen atoms in total. The van der Waals surface area contributed by atoms with Crippen molar-refractivity contribution in [2.45, 2.75) is 6.92 Å². The first-order valence-corrected chi connectivity index (χ1v) is 10.6. The van der Waals surface area contributed by atoms with E-state index in [2.05, 4.69) is 10.6 Å². The molecule has 3 rings (SSSR count). The van der Waals surface area contributed by atoms with Crippen molar-refractivity contribution in [3.63, 3.8) is 0 Å². The SMILES string of the molecule is COc1ccc(NC(=O)/C(C#N)=C/c2cc(Cl)ccc2OCC(=O)Nc2cccc(C)c2)cc1. The number of benzene rings is 3. The van der Waals surface area contributed by atoms with Crippen molar-refractivity contribution in [3.05, 3.63) is 88.5 Å². The smallest absolute Gasteiger partial charge is 0.266 e. The van der Waals surface area contributed by atoms with Crippen LogP contribution in [0.3, 0.4) is 0 Å². The zero-order valence-electron chi connectivity index (χ0n) is 18.6. The Bertz CT molecular complexity index is 1260. The number of carbonyl (C=O) groups excluding carboxylic acids is 2. The zero-order valence-corrected chi connectivity index (χ0v) is 19.3. The molecule has 34 heavy (non-hydrogen) atoms. The van der Waals surface area contributed by atoms with Crippen LogP contribution in [0.4, 0.5) is 11.4 Å². The number of halogens is 1. The monoisotopic (exact) mass is 475 g/mol. The van der Waals surface area contributed by atoms with Crippen LogP contribution >= 0.6 is 11.6 Å². The van der Waals surface area contributed by atoms with Gasteiger partial charge in [0, 0.05) is 22.0 Å². The Balaban J connectivity index is 1.73. The van der Waals surface area contributed by atoms with Gasteiger partial charge in [-0.3, -0.25) is 9.59 Å². The van der Waals surface area contributed by atoms with E-state index in [1.807, 2.05) is 31.2 Å². The van der Waals surface area contributed by atoms with Gasteiger partial charge in [-0.05, 0) is 73.2 Å². The van der Waals surface area contributed by atoms with Crippen LogP contribution in [-0.4, -0.2) is 25.5 Å². The molecule has 0 radical (unpaired) electrons. The molecule has 0 unspecified atom stereocenters. The summed E-state index contributed by atoms with van der Waals surface area (Å²) in [5, 5.41) is 15.3. The van der Waals surface area contributed by atoms with Crippen LogP contribution in [0.25, 0.3) is 6.08 Å². The molecule has 0 heterocycles. The van der Waals surface area contributed by atoms with Gasteiger partial charge in [0.15, 0.2) is 6.61 Å². The molecule has 8 heteroatoms. The van der Waals surface area contributed by atoms with E-state index in [4.69, 9.17) is 21.1 Å². The van der Waals surface area contributed by atoms with Crippen LogP contribution in [0.15, 0.2) is 72.3 Å². The lowest BCUT2D eigenvalue weighted by molar-refractivity contribution is -0.118. The second-order valence-electron chi connectivity index (χ2n) is 7.24. The predicted molar refractivity (Wildman–Crippen MR) is 132 cm³/mol. The number of aryl methyl sites for hydroxylation is 1. The molecule has 3 aromatic carbocycles. The Morgan fingerprint density at radius 2 is 1.79 bits per heavy atom. The molecule has 2 N–H and O–H groups in total. The lowest BCUT2D eigenvalue weighted by Gasteiger charge is -2.11. The van der Waals surface area contributed by atoms with Gasteiger partial charge in [0.1, 0.15) is 23.1 Å². The summed E-state index contributed by atoms with van der Waals surface area (Å²) in [7, 11) is 1.54. The van der Waals surface area contributed by atoms with Gasteiger partial charge in [-0.2, -0.15) is 5.26 Å². The fraction of sp³-hybridized carbons (Fsp3) is 0.115. The van der Waals surface area contributed by atoms with Crippen LogP contribution in [0.2, 0.25) is 5.02 Å². The number of amides is 2. The van der Waals surface area contributed by atoms with Crippen LogP contribution in [0.5, 0.6) is 11.5 Å². The van der Waals surface area contributed by atoms with Crippen molar-refractivity contribution in [2.75, 3.05) is 24.4 Å². The third kappa shape index (κ3) is 6.86. The molecule has 0 aliphatic carbocycles. The van der Waals surface area contributed by atoms with E-state index >= 15 is 0 Å². The van der Waals surface area contributed by atoms with Crippen molar-refractivity contribution >= 4 is 40.9 Å². The Kier molecular flexibility index (Phi) is 8.27. The topological polar surface area (TPSA) is 100 Å². The Morgan fingerprint density at radius 1 is 1.03 bits per heavy atom. The third-order valence-corrected chi connectivity index (χ3v) is 4.88. The molecule has 0 bridgehead atoms. The van der Waals surface area contributed by atoms with Gasteiger partial charge in [0.2, 0.25) is 0 Å². The van der Waals surface area contributed by atoms with Crippen molar-refractivity contribution in [2.24, 2.45) is 0 Å². The first-order valence-electron chi connectivity index (χ1n) is 10.2. The maximum Gasteiger partial charge on any atom is 0.266 e. The standard InChI is InChI=1S/C26H22ClN3O4/c1-17-4-3-5-22(12-17)29-25(31)16-34-24-11-6-20(27)14-18(24)13-19(15-28)26(32)30-21-7-9-23(33-2)10-8-21/h3-14H,16H2,1-2H3,(H,29,31)(H,30,32)/b19-13+. The average Bonchev–Trinajstić information content (AvgIpc) is 2.82. The summed E-state index contributed by atoms with van der Waals surface area (Å²) in [6.07, 6.45) is 1.36. The van der Waals surface area contributed by atoms with E-state index < -0.39 is 5.91 Å². The predicted octanol–water partition coefficient (Wildman–Crippen LogP) is 5.22. The molecule has 0 spiro atoms. The highest BCUT2D eigenvalue weighted by Gasteiger charge is 2.13. The molecule has 3 aromatic rings. The molecule has 0 saturated carbocycles. The largest absolute Gasteiger partial charge is 0.497 e. The number of hydrogen-bond acceptors (Lipinski definition) is 5. The van der Waals surface area contributed by atoms with E-state index in [9.17, 15) is 14.9 Å². The maximum atomic E-state index is 12.6. The first-order chi connectivity index (χ1) is 16.4. The molecule has 0 fully saturated rings. The van der Waals surface area contributed by atoms with Crippen LogP contribution < -0.4 is 20.1 Å². The van der Waals surface area contributed by atoms with Crippen LogP contribution in [0.1, 0.15) is 11.1 Å². The van der Waals surface area contributed by atoms with Gasteiger partial charge in [0.05, 0.1) is 7.11 Å². The summed E-state index contributed by atoms with van der Waals surface area (Å²) in [4.78, 5) is 24.9. The number of carbonyl (C=O) groups is 2. The van der Waals surface area contributed by atoms with E-state index in [1.54, 1.807) is 55.6 Å². The lowest BCUT2D eigenvalue weighted by Crippen LogP contribution is -2.20. The summed E-state index contributed by atoms with van der Waals surface area (Å²) in [6.45, 7) is 1.66. The van der Waals surface area contributed by atoms with Crippen molar-refractivity contribution in [1.82, 2.24) is 0 Å². The normalized spacial score (nSPS) is 10.7. The number of hydrogen-bond donors (Lipinski definition) is 2. The minimum Gasteiger partial charge on any atom is -0.497 e. The fourth-order valence-electron chi connectivity index (χ4n) is 3.00. The number of ether oxygens (including phenoxy) is 2. The van der Waals surface area contributed by atoms with E-state index in [0.29, 0.717) is 33.5 Å². The second-order valence-corrected chi connectivity index (χ2v) is 7.68. The van der Waals surface area contributed by atoms with Crippen molar-refractivity contribution < 1.29 is 19.1 Å². The Morgan fingerprint density at radius 3 is 2.47 bits per heavy atom. The number of rotatable bonds is 8. The van der Waals surface area contributed by atoms with Crippen molar-refractivity contribution in [1.29, 1.82) is 5.26 Å². The highest BCUT2D eigenvalue weighted by molar-refractivity contribution is 6.30. The number of nitrogens with one attached hydrogen (secondary N) is 2. The number of methoxy groups -OCH3 is 1. The fourth-order valence-corrected chi connectivity index (χ4v) is 3.18. The highest BCUT2D eigenvalue weighted by atomic mass is 35.5. The Hall–Kier alpha value is -4.28. The number of nitriles is 1. The molecule has 172 valence electrons. The van der Waals surface area contributed by atoms with Gasteiger partial charge >= 0.3 is 0 Å². The maximum absolute atomic E-state index is 12.6. The first kappa shape index (κ1) is 24.4. The van der Waals surface area contributed by atoms with Gasteiger partial charge < -0.3 is 20.1 Å². The molecule has 0 aliphatic heterocycles. The quantitative estimate of drug-likeness (QED) is 0.343. The molecule has 0 aromatic heterocycles. The molecule has 0 saturated heterocycles. The summed E-state index contributed by atoms with van der Waals surface area (Å²) < 4.78 is 10.7. The molecular weight excluding hydrogens is 454 g/mol. The highest BCUT2D eigenvalue weighted by Crippen LogP contribution is 2.26. The lowest BCUT2D eigenvalue weighted by atomic mass is 10.1. The molecular formula is C26H22ClN3O4. The minimum absolute atomic E-state index is 0.160. The van der Waals surface area contributed by atoms with Gasteiger partial charge in [-0.1, -0.05) is 23.7 Å². The summed E-state index contributed by atoms with van der Waals surface area (Å²) in [6, 6.07) is 20.7. The van der Waals surface area contributed by atoms with Gasteiger partial charge in [0.25, 0.3) is 11.8 Å². The van der Waals surface area contributed by atoms with Crippen LogP contribution in [-0.2, 0) is 9.59 Å². The van der Waals surface area contributed by atoms with E-state index in [-0.39, 0.29) is 18.1 Å². The third-order valence-electron chi connectivity index (χ3n) is 4.65. The summed E-state index contributed by atoms with van der Waals surface area (Å²) >= 11 is 6.11. The second kappa shape index (κ2) is 11.5. The molecule has 0 aliphatic rings. The molecule has 2 amide bonds. The van der Waals surface area contributed by atoms with Gasteiger partial charge in [-0.25, -0.2) is 0 Å². The number of nitrogens with zero attached hydrogens (tertiary/aromatic N) is 1. The zero-order chi connectivity index (χ0) is 24.5. The Labute approximate surface area is 202 Å². The number of anilines is 2. The summed E-state index contributed by atoms with van der Waals surface area (Å²) in [5.41, 5.74) is 2.40. The van der Waals surface area contributed by atoms with Crippen LogP contribution in [0, 0.1) is 18.3 Å². The van der Waals surface area contributed by atoms with E-state index in [1.165, 1.54) is 6.08 Å². The van der Waals surface area contributed by atoms with Gasteiger partial charge in [-0.15, -0.1) is 0 Å². The average molecular weight is 476 g/mol. The molecule has 0 atom stereocenters. The van der Waals surface area contributed by atoms with E-state index in [0.717, 1.165) is 5.56 Å².